The number of aliphatic imine (C=N–C) groups is 1. The summed E-state index contributed by atoms with van der Waals surface area (Å²) in [4.78, 5) is 4.34. The van der Waals surface area contributed by atoms with Gasteiger partial charge in [-0.2, -0.15) is 0 Å². The Morgan fingerprint density at radius 2 is 2.07 bits per heavy atom. The van der Waals surface area contributed by atoms with Crippen molar-refractivity contribution in [2.75, 3.05) is 0 Å². The second-order valence-electron chi connectivity index (χ2n) is 4.04. The summed E-state index contributed by atoms with van der Waals surface area (Å²) in [6.07, 6.45) is 3.89. The van der Waals surface area contributed by atoms with Crippen LogP contribution in [0.25, 0.3) is 0 Å². The van der Waals surface area contributed by atoms with E-state index >= 15 is 0 Å². The van der Waals surface area contributed by atoms with Crippen LogP contribution in [0.2, 0.25) is 0 Å². The van der Waals surface area contributed by atoms with E-state index in [9.17, 15) is 0 Å². The van der Waals surface area contributed by atoms with Crippen LogP contribution in [0.15, 0.2) is 47.1 Å². The lowest BCUT2D eigenvalue weighted by Gasteiger charge is -2.06. The molecular formula is C13H16N2. The molecule has 1 aromatic carbocycles. The van der Waals surface area contributed by atoms with E-state index in [2.05, 4.69) is 29.3 Å². The van der Waals surface area contributed by atoms with Gasteiger partial charge in [0.05, 0.1) is 0 Å². The Bertz CT molecular complexity index is 388. The second-order valence-corrected chi connectivity index (χ2v) is 4.04. The van der Waals surface area contributed by atoms with Crippen LogP contribution >= 0.6 is 0 Å². The molecule has 2 rings (SSSR count). The third kappa shape index (κ3) is 2.54. The summed E-state index contributed by atoms with van der Waals surface area (Å²) in [5.74, 6) is 0. The van der Waals surface area contributed by atoms with Gasteiger partial charge in [-0.1, -0.05) is 30.3 Å². The first-order chi connectivity index (χ1) is 7.25. The molecular weight excluding hydrogens is 184 g/mol. The lowest BCUT2D eigenvalue weighted by atomic mass is 10.0. The Balaban J connectivity index is 1.95. The zero-order valence-electron chi connectivity index (χ0n) is 8.98. The minimum absolute atomic E-state index is 0.0783. The van der Waals surface area contributed by atoms with Crippen LogP contribution < -0.4 is 5.73 Å². The average molecular weight is 200 g/mol. The fourth-order valence-electron chi connectivity index (χ4n) is 1.74. The van der Waals surface area contributed by atoms with Crippen molar-refractivity contribution in [1.29, 1.82) is 0 Å². The maximum Gasteiger partial charge on any atom is 0.0404 e. The molecule has 1 heterocycles. The predicted octanol–water partition coefficient (Wildman–Crippen LogP) is 2.30. The Kier molecular flexibility index (Phi) is 2.97. The van der Waals surface area contributed by atoms with Gasteiger partial charge in [0.15, 0.2) is 0 Å². The van der Waals surface area contributed by atoms with Crippen molar-refractivity contribution in [3.8, 4) is 0 Å². The van der Waals surface area contributed by atoms with Gasteiger partial charge in [0.2, 0.25) is 0 Å². The number of allylic oxidation sites excluding steroid dienone is 1. The largest absolute Gasteiger partial charge is 0.323 e. The lowest BCUT2D eigenvalue weighted by Crippen LogP contribution is -2.25. The number of nitrogens with zero attached hydrogens (tertiary/aromatic N) is 1. The Hall–Kier alpha value is -1.41. The molecule has 0 saturated carbocycles. The van der Waals surface area contributed by atoms with Crippen molar-refractivity contribution >= 4 is 5.71 Å². The van der Waals surface area contributed by atoms with E-state index in [1.807, 2.05) is 19.2 Å². The van der Waals surface area contributed by atoms with E-state index in [-0.39, 0.29) is 6.04 Å². The SMILES string of the molecule is C[C@H](N)C1=NC=C(Cc2ccccc2)C1. The molecule has 1 aliphatic heterocycles. The minimum atomic E-state index is 0.0783. The summed E-state index contributed by atoms with van der Waals surface area (Å²) >= 11 is 0. The van der Waals surface area contributed by atoms with Crippen molar-refractivity contribution in [2.45, 2.75) is 25.8 Å². The molecule has 15 heavy (non-hydrogen) atoms. The summed E-state index contributed by atoms with van der Waals surface area (Å²) in [5, 5.41) is 0. The molecule has 2 N–H and O–H groups in total. The molecule has 0 aromatic heterocycles. The number of nitrogens with two attached hydrogens (primary N) is 1. The summed E-state index contributed by atoms with van der Waals surface area (Å²) in [6, 6.07) is 10.5. The smallest absolute Gasteiger partial charge is 0.0404 e. The monoisotopic (exact) mass is 200 g/mol. The molecule has 0 spiro atoms. The standard InChI is InChI=1S/C13H16N2/c1-10(14)13-8-12(9-15-13)7-11-5-3-2-4-6-11/h2-6,9-10H,7-8,14H2,1H3/t10-/m0/s1. The van der Waals surface area contributed by atoms with Gasteiger partial charge in [0, 0.05) is 24.4 Å². The predicted molar refractivity (Wildman–Crippen MR) is 63.9 cm³/mol. The number of benzene rings is 1. The summed E-state index contributed by atoms with van der Waals surface area (Å²) < 4.78 is 0. The highest BCUT2D eigenvalue weighted by Crippen LogP contribution is 2.18. The number of rotatable bonds is 3. The van der Waals surface area contributed by atoms with Gasteiger partial charge >= 0.3 is 0 Å². The molecule has 0 saturated heterocycles. The topological polar surface area (TPSA) is 38.4 Å². The highest BCUT2D eigenvalue weighted by Gasteiger charge is 2.13. The molecule has 0 radical (unpaired) electrons. The summed E-state index contributed by atoms with van der Waals surface area (Å²) in [5.41, 5.74) is 9.58. The third-order valence-corrected chi connectivity index (χ3v) is 2.62. The van der Waals surface area contributed by atoms with E-state index in [0.29, 0.717) is 0 Å². The van der Waals surface area contributed by atoms with E-state index in [4.69, 9.17) is 5.73 Å². The van der Waals surface area contributed by atoms with Gasteiger partial charge in [-0.25, -0.2) is 0 Å². The van der Waals surface area contributed by atoms with Crippen molar-refractivity contribution in [1.82, 2.24) is 0 Å². The van der Waals surface area contributed by atoms with Crippen LogP contribution in [0.4, 0.5) is 0 Å². The molecule has 78 valence electrons. The highest BCUT2D eigenvalue weighted by atomic mass is 14.8. The molecule has 0 fully saturated rings. The van der Waals surface area contributed by atoms with Gasteiger partial charge in [-0.3, -0.25) is 4.99 Å². The van der Waals surface area contributed by atoms with Gasteiger partial charge in [-0.15, -0.1) is 0 Å². The summed E-state index contributed by atoms with van der Waals surface area (Å²) in [7, 11) is 0. The molecule has 1 atom stereocenters. The maximum absolute atomic E-state index is 5.79. The molecule has 2 heteroatoms. The van der Waals surface area contributed by atoms with Crippen LogP contribution in [-0.2, 0) is 6.42 Å². The van der Waals surface area contributed by atoms with Gasteiger partial charge in [0.25, 0.3) is 0 Å². The van der Waals surface area contributed by atoms with Crippen molar-refractivity contribution in [3.05, 3.63) is 47.7 Å². The highest BCUT2D eigenvalue weighted by molar-refractivity contribution is 5.93. The third-order valence-electron chi connectivity index (χ3n) is 2.62. The van der Waals surface area contributed by atoms with Gasteiger partial charge < -0.3 is 5.73 Å². The van der Waals surface area contributed by atoms with Crippen LogP contribution in [0.1, 0.15) is 18.9 Å². The van der Waals surface area contributed by atoms with E-state index in [0.717, 1.165) is 18.6 Å². The normalized spacial score (nSPS) is 17.2. The Morgan fingerprint density at radius 3 is 2.67 bits per heavy atom. The van der Waals surface area contributed by atoms with Crippen LogP contribution in [0, 0.1) is 0 Å². The summed E-state index contributed by atoms with van der Waals surface area (Å²) in [6.45, 7) is 1.98. The van der Waals surface area contributed by atoms with E-state index < -0.39 is 0 Å². The van der Waals surface area contributed by atoms with Crippen molar-refractivity contribution in [2.24, 2.45) is 10.7 Å². The number of hydrogen-bond acceptors (Lipinski definition) is 2. The minimum Gasteiger partial charge on any atom is -0.323 e. The van der Waals surface area contributed by atoms with Crippen LogP contribution in [0.3, 0.4) is 0 Å². The lowest BCUT2D eigenvalue weighted by molar-refractivity contribution is 0.949. The Labute approximate surface area is 90.5 Å². The zero-order valence-corrected chi connectivity index (χ0v) is 8.98. The molecule has 2 nitrogen and oxygen atoms in total. The van der Waals surface area contributed by atoms with E-state index in [1.165, 1.54) is 11.1 Å². The molecule has 0 bridgehead atoms. The molecule has 1 aromatic rings. The van der Waals surface area contributed by atoms with Gasteiger partial charge in [0.1, 0.15) is 0 Å². The Morgan fingerprint density at radius 1 is 1.33 bits per heavy atom. The van der Waals surface area contributed by atoms with Crippen molar-refractivity contribution < 1.29 is 0 Å². The van der Waals surface area contributed by atoms with Gasteiger partial charge in [-0.05, 0) is 24.5 Å². The van der Waals surface area contributed by atoms with Crippen LogP contribution in [-0.4, -0.2) is 11.8 Å². The molecule has 0 aliphatic carbocycles. The molecule has 0 unspecified atom stereocenters. The first-order valence-corrected chi connectivity index (χ1v) is 5.29. The van der Waals surface area contributed by atoms with Crippen molar-refractivity contribution in [3.63, 3.8) is 0 Å². The zero-order chi connectivity index (χ0) is 10.7. The number of hydrogen-bond donors (Lipinski definition) is 1. The first kappa shape index (κ1) is 10.1. The molecule has 0 amide bonds. The fourth-order valence-corrected chi connectivity index (χ4v) is 1.74. The fraction of sp³-hybridized carbons (Fsp3) is 0.308. The maximum atomic E-state index is 5.79. The molecule has 1 aliphatic rings. The quantitative estimate of drug-likeness (QED) is 0.798. The van der Waals surface area contributed by atoms with Crippen LogP contribution in [0.5, 0.6) is 0 Å². The average Bonchev–Trinajstić information content (AvgIpc) is 2.68. The van der Waals surface area contributed by atoms with E-state index in [1.54, 1.807) is 0 Å². The first-order valence-electron chi connectivity index (χ1n) is 5.29. The second kappa shape index (κ2) is 4.41.